The van der Waals surface area contributed by atoms with Gasteiger partial charge in [-0.05, 0) is 30.9 Å². The molecule has 7 heteroatoms. The second-order valence-electron chi connectivity index (χ2n) is 6.47. The number of imidazole rings is 1. The van der Waals surface area contributed by atoms with Gasteiger partial charge >= 0.3 is 0 Å². The topological polar surface area (TPSA) is 76.4 Å². The predicted octanol–water partition coefficient (Wildman–Crippen LogP) is 2.63. The first kappa shape index (κ1) is 16.1. The molecule has 0 atom stereocenters. The largest absolute Gasteiger partial charge is 0.368 e. The van der Waals surface area contributed by atoms with E-state index >= 15 is 0 Å². The maximum Gasteiger partial charge on any atom is 0.154 e. The van der Waals surface area contributed by atoms with Crippen molar-refractivity contribution in [1.82, 2.24) is 14.6 Å². The lowest BCUT2D eigenvalue weighted by atomic mass is 10.0. The number of rotatable bonds is 4. The van der Waals surface area contributed by atoms with Crippen LogP contribution in [-0.2, 0) is 9.84 Å². The average molecular weight is 356 g/mol. The Labute approximate surface area is 146 Å². The van der Waals surface area contributed by atoms with Crippen LogP contribution in [0.4, 0.5) is 5.82 Å². The summed E-state index contributed by atoms with van der Waals surface area (Å²) in [4.78, 5) is 4.41. The van der Waals surface area contributed by atoms with Crippen molar-refractivity contribution in [1.29, 1.82) is 0 Å². The van der Waals surface area contributed by atoms with Gasteiger partial charge in [0.15, 0.2) is 5.65 Å². The van der Waals surface area contributed by atoms with Crippen LogP contribution < -0.4 is 5.32 Å². The Morgan fingerprint density at radius 3 is 2.60 bits per heavy atom. The minimum absolute atomic E-state index is 0.297. The van der Waals surface area contributed by atoms with Crippen LogP contribution in [0.15, 0.2) is 48.7 Å². The summed E-state index contributed by atoms with van der Waals surface area (Å²) in [5, 5.41) is 8.00. The zero-order valence-corrected chi connectivity index (χ0v) is 14.6. The summed E-state index contributed by atoms with van der Waals surface area (Å²) >= 11 is 0. The fourth-order valence-corrected chi connectivity index (χ4v) is 4.75. The lowest BCUT2D eigenvalue weighted by molar-refractivity contribution is 0.484. The SMILES string of the molecule is O=S1(=O)CCC(CNc2ccc3ncc(-c4ccccc4)n3n2)CC1. The minimum Gasteiger partial charge on any atom is -0.368 e. The van der Waals surface area contributed by atoms with Crippen molar-refractivity contribution < 1.29 is 8.42 Å². The van der Waals surface area contributed by atoms with Crippen LogP contribution in [0.25, 0.3) is 16.9 Å². The Bertz CT molecular complexity index is 969. The molecule has 0 amide bonds. The van der Waals surface area contributed by atoms with Crippen molar-refractivity contribution >= 4 is 21.3 Å². The molecular weight excluding hydrogens is 336 g/mol. The Hall–Kier alpha value is -2.41. The fourth-order valence-electron chi connectivity index (χ4n) is 3.17. The minimum atomic E-state index is -2.81. The van der Waals surface area contributed by atoms with Crippen LogP contribution in [0.1, 0.15) is 12.8 Å². The molecule has 1 saturated heterocycles. The van der Waals surface area contributed by atoms with Gasteiger partial charge in [0.05, 0.1) is 23.4 Å². The fraction of sp³-hybridized carbons (Fsp3) is 0.333. The molecule has 3 heterocycles. The first-order chi connectivity index (χ1) is 12.1. The molecule has 2 aromatic heterocycles. The van der Waals surface area contributed by atoms with Gasteiger partial charge in [0.2, 0.25) is 0 Å². The highest BCUT2D eigenvalue weighted by atomic mass is 32.2. The van der Waals surface area contributed by atoms with Crippen molar-refractivity contribution in [2.75, 3.05) is 23.4 Å². The van der Waals surface area contributed by atoms with E-state index in [1.54, 1.807) is 0 Å². The molecule has 0 spiro atoms. The van der Waals surface area contributed by atoms with Gasteiger partial charge in [0, 0.05) is 12.1 Å². The molecule has 3 aromatic rings. The first-order valence-corrected chi connectivity index (χ1v) is 10.3. The van der Waals surface area contributed by atoms with E-state index in [4.69, 9.17) is 0 Å². The zero-order chi connectivity index (χ0) is 17.3. The third-order valence-electron chi connectivity index (χ3n) is 4.68. The van der Waals surface area contributed by atoms with Gasteiger partial charge in [-0.3, -0.25) is 0 Å². The molecule has 25 heavy (non-hydrogen) atoms. The molecule has 0 saturated carbocycles. The van der Waals surface area contributed by atoms with Crippen molar-refractivity contribution in [3.05, 3.63) is 48.7 Å². The number of hydrogen-bond acceptors (Lipinski definition) is 5. The zero-order valence-electron chi connectivity index (χ0n) is 13.8. The van der Waals surface area contributed by atoms with Crippen LogP contribution in [0.5, 0.6) is 0 Å². The summed E-state index contributed by atoms with van der Waals surface area (Å²) < 4.78 is 24.9. The molecule has 1 N–H and O–H groups in total. The summed E-state index contributed by atoms with van der Waals surface area (Å²) in [5.41, 5.74) is 2.81. The number of fused-ring (bicyclic) bond motifs is 1. The van der Waals surface area contributed by atoms with E-state index in [9.17, 15) is 8.42 Å². The van der Waals surface area contributed by atoms with Crippen molar-refractivity contribution in [3.63, 3.8) is 0 Å². The van der Waals surface area contributed by atoms with Crippen LogP contribution in [0.3, 0.4) is 0 Å². The quantitative estimate of drug-likeness (QED) is 0.778. The summed E-state index contributed by atoms with van der Waals surface area (Å²) in [6.45, 7) is 0.739. The van der Waals surface area contributed by atoms with Crippen LogP contribution in [0.2, 0.25) is 0 Å². The molecule has 0 radical (unpaired) electrons. The van der Waals surface area contributed by atoms with Crippen molar-refractivity contribution in [2.24, 2.45) is 5.92 Å². The third kappa shape index (κ3) is 3.51. The molecule has 1 fully saturated rings. The molecule has 0 bridgehead atoms. The number of nitrogens with one attached hydrogen (secondary N) is 1. The van der Waals surface area contributed by atoms with E-state index < -0.39 is 9.84 Å². The van der Waals surface area contributed by atoms with Gasteiger partial charge in [-0.25, -0.2) is 17.9 Å². The Kier molecular flexibility index (Phi) is 4.17. The molecule has 1 aromatic carbocycles. The lowest BCUT2D eigenvalue weighted by Crippen LogP contribution is -2.27. The number of aromatic nitrogens is 3. The van der Waals surface area contributed by atoms with Gasteiger partial charge in [0.1, 0.15) is 15.7 Å². The molecule has 1 aliphatic heterocycles. The second-order valence-corrected chi connectivity index (χ2v) is 8.78. The number of anilines is 1. The van der Waals surface area contributed by atoms with E-state index in [0.29, 0.717) is 17.4 Å². The molecule has 4 rings (SSSR count). The van der Waals surface area contributed by atoms with E-state index in [0.717, 1.165) is 42.1 Å². The highest BCUT2D eigenvalue weighted by Gasteiger charge is 2.23. The molecule has 130 valence electrons. The number of sulfone groups is 1. The van der Waals surface area contributed by atoms with Crippen molar-refractivity contribution in [2.45, 2.75) is 12.8 Å². The highest BCUT2D eigenvalue weighted by molar-refractivity contribution is 7.91. The van der Waals surface area contributed by atoms with Crippen LogP contribution in [-0.4, -0.2) is 41.1 Å². The second kappa shape index (κ2) is 6.48. The maximum atomic E-state index is 11.5. The Morgan fingerprint density at radius 1 is 1.08 bits per heavy atom. The lowest BCUT2D eigenvalue weighted by Gasteiger charge is -2.22. The molecule has 1 aliphatic rings. The monoisotopic (exact) mass is 356 g/mol. The van der Waals surface area contributed by atoms with Gasteiger partial charge in [-0.1, -0.05) is 30.3 Å². The summed E-state index contributed by atoms with van der Waals surface area (Å²) in [6.07, 6.45) is 3.27. The Morgan fingerprint density at radius 2 is 1.84 bits per heavy atom. The molecule has 0 unspecified atom stereocenters. The van der Waals surface area contributed by atoms with Gasteiger partial charge < -0.3 is 5.32 Å². The van der Waals surface area contributed by atoms with Crippen LogP contribution >= 0.6 is 0 Å². The standard InChI is InChI=1S/C18H20N4O2S/c23-25(24)10-8-14(9-11-25)12-19-17-6-7-18-20-13-16(22(18)21-17)15-4-2-1-3-5-15/h1-7,13-14H,8-12H2,(H,19,21). The molecular formula is C18H20N4O2S. The maximum absolute atomic E-state index is 11.5. The number of benzene rings is 1. The normalized spacial score (nSPS) is 17.6. The number of hydrogen-bond donors (Lipinski definition) is 1. The number of nitrogens with zero attached hydrogens (tertiary/aromatic N) is 3. The van der Waals surface area contributed by atoms with E-state index in [-0.39, 0.29) is 0 Å². The first-order valence-electron chi connectivity index (χ1n) is 8.45. The van der Waals surface area contributed by atoms with E-state index in [1.165, 1.54) is 0 Å². The van der Waals surface area contributed by atoms with Gasteiger partial charge in [-0.15, -0.1) is 5.10 Å². The average Bonchev–Trinajstić information content (AvgIpc) is 3.05. The Balaban J connectivity index is 1.51. The van der Waals surface area contributed by atoms with Gasteiger partial charge in [-0.2, -0.15) is 0 Å². The van der Waals surface area contributed by atoms with E-state index in [1.807, 2.05) is 53.2 Å². The van der Waals surface area contributed by atoms with E-state index in [2.05, 4.69) is 15.4 Å². The van der Waals surface area contributed by atoms with Gasteiger partial charge in [0.25, 0.3) is 0 Å². The third-order valence-corrected chi connectivity index (χ3v) is 6.39. The molecule has 0 aliphatic carbocycles. The van der Waals surface area contributed by atoms with Crippen molar-refractivity contribution in [3.8, 4) is 11.3 Å². The smallest absolute Gasteiger partial charge is 0.154 e. The summed E-state index contributed by atoms with van der Waals surface area (Å²) in [7, 11) is -2.81. The highest BCUT2D eigenvalue weighted by Crippen LogP contribution is 2.22. The summed E-state index contributed by atoms with van der Waals surface area (Å²) in [6, 6.07) is 13.9. The van der Waals surface area contributed by atoms with Crippen LogP contribution in [0, 0.1) is 5.92 Å². The predicted molar refractivity (Wildman–Crippen MR) is 98.3 cm³/mol. The molecule has 6 nitrogen and oxygen atoms in total. The summed E-state index contributed by atoms with van der Waals surface area (Å²) in [5.74, 6) is 1.74.